The van der Waals surface area contributed by atoms with Gasteiger partial charge in [-0.25, -0.2) is 23.4 Å². The van der Waals surface area contributed by atoms with Crippen LogP contribution in [0.1, 0.15) is 34.7 Å². The van der Waals surface area contributed by atoms with Crippen molar-refractivity contribution >= 4 is 28.7 Å². The third kappa shape index (κ3) is 5.53. The number of anilines is 1. The molecule has 3 aromatic heterocycles. The van der Waals surface area contributed by atoms with Crippen molar-refractivity contribution in [2.24, 2.45) is 0 Å². The zero-order chi connectivity index (χ0) is 34.7. The van der Waals surface area contributed by atoms with Crippen LogP contribution in [0.4, 0.5) is 14.6 Å². The summed E-state index contributed by atoms with van der Waals surface area (Å²) >= 11 is 0. The quantitative estimate of drug-likeness (QED) is 0.292. The minimum atomic E-state index is -0.780. The molecule has 5 aromatic rings. The van der Waals surface area contributed by atoms with Crippen LogP contribution in [0.25, 0.3) is 28.0 Å². The van der Waals surface area contributed by atoms with Crippen molar-refractivity contribution in [3.05, 3.63) is 83.4 Å². The first-order valence-corrected chi connectivity index (χ1v) is 16.7. The van der Waals surface area contributed by atoms with Gasteiger partial charge in [0.05, 0.1) is 53.4 Å². The minimum Gasteiger partial charge on any atom is -0.491 e. The van der Waals surface area contributed by atoms with Crippen LogP contribution in [0.2, 0.25) is 0 Å². The molecule has 3 aliphatic heterocycles. The van der Waals surface area contributed by atoms with E-state index in [1.807, 2.05) is 29.7 Å². The first kappa shape index (κ1) is 31.9. The van der Waals surface area contributed by atoms with E-state index >= 15 is 0 Å². The van der Waals surface area contributed by atoms with E-state index in [0.29, 0.717) is 83.5 Å². The molecule has 1 N–H and O–H groups in total. The van der Waals surface area contributed by atoms with Gasteiger partial charge in [-0.05, 0) is 56.5 Å². The Labute approximate surface area is 286 Å². The number of ether oxygens (including phenoxy) is 2. The fourth-order valence-electron chi connectivity index (χ4n) is 7.46. The van der Waals surface area contributed by atoms with Gasteiger partial charge in [-0.1, -0.05) is 6.07 Å². The number of carbonyl (C=O) groups excluding carboxylic acids is 2. The zero-order valence-electron chi connectivity index (χ0n) is 27.9. The highest BCUT2D eigenvalue weighted by Crippen LogP contribution is 2.34. The van der Waals surface area contributed by atoms with E-state index < -0.39 is 23.8 Å². The maximum absolute atomic E-state index is 14.9. The van der Waals surface area contributed by atoms with Crippen molar-refractivity contribution in [3.8, 4) is 22.7 Å². The number of nitrogens with one attached hydrogen (secondary N) is 1. The molecule has 50 heavy (non-hydrogen) atoms. The van der Waals surface area contributed by atoms with E-state index in [-0.39, 0.29) is 30.9 Å². The van der Waals surface area contributed by atoms with Crippen molar-refractivity contribution in [1.82, 2.24) is 34.1 Å². The van der Waals surface area contributed by atoms with Gasteiger partial charge in [0, 0.05) is 51.0 Å². The standard InChI is InChI=1S/C36H36F2N8O4/c1-20-40-28-13-22(38)12-25-27-6-4-8-33(42-27)41-23-15-31(36(48)43(2)18-24(49-3)19-44(20)34(25)28)45(17-23)35(47)26-16-39-46-29(26)7-5-11-50-32-14-21(37)9-10-30(32)46/h4,6,8-10,12-14,16,23-24,31H,5,7,11,15,17-19H2,1-3H3,(H,41,42)/t23-,24-,31-/m0/s1. The van der Waals surface area contributed by atoms with Crippen molar-refractivity contribution in [2.75, 3.05) is 39.2 Å². The summed E-state index contributed by atoms with van der Waals surface area (Å²) in [5, 5.41) is 7.99. The smallest absolute Gasteiger partial charge is 0.258 e. The molecule has 14 heteroatoms. The number of methoxy groups -OCH3 is 1. The highest BCUT2D eigenvalue weighted by molar-refractivity contribution is 5.99. The number of aromatic nitrogens is 5. The third-order valence-electron chi connectivity index (χ3n) is 9.86. The number of rotatable bonds is 2. The van der Waals surface area contributed by atoms with Gasteiger partial charge in [0.1, 0.15) is 40.8 Å². The lowest BCUT2D eigenvalue weighted by molar-refractivity contribution is -0.135. The van der Waals surface area contributed by atoms with E-state index in [9.17, 15) is 18.4 Å². The van der Waals surface area contributed by atoms with Crippen LogP contribution in [-0.4, -0.2) is 98.0 Å². The molecule has 2 amide bonds. The number of likely N-dealkylation sites (N-methyl/N-ethyl adjacent to an activating group) is 1. The van der Waals surface area contributed by atoms with Crippen LogP contribution >= 0.6 is 0 Å². The third-order valence-corrected chi connectivity index (χ3v) is 9.86. The van der Waals surface area contributed by atoms with E-state index in [0.717, 1.165) is 5.52 Å². The van der Waals surface area contributed by atoms with E-state index in [1.54, 1.807) is 34.7 Å². The first-order chi connectivity index (χ1) is 24.2. The molecular weight excluding hydrogens is 646 g/mol. The van der Waals surface area contributed by atoms with Gasteiger partial charge in [-0.15, -0.1) is 0 Å². The highest BCUT2D eigenvalue weighted by Gasteiger charge is 2.43. The summed E-state index contributed by atoms with van der Waals surface area (Å²) in [7, 11) is 3.31. The van der Waals surface area contributed by atoms with Crippen LogP contribution in [0.15, 0.2) is 54.7 Å². The summed E-state index contributed by atoms with van der Waals surface area (Å²) in [4.78, 5) is 41.5. The van der Waals surface area contributed by atoms with Crippen LogP contribution in [0.5, 0.6) is 5.75 Å². The van der Waals surface area contributed by atoms with Gasteiger partial charge in [0.15, 0.2) is 0 Å². The Kier molecular flexibility index (Phi) is 7.97. The molecule has 6 heterocycles. The molecule has 0 aliphatic carbocycles. The van der Waals surface area contributed by atoms with Crippen LogP contribution in [-0.2, 0) is 22.5 Å². The number of hydrogen-bond acceptors (Lipinski definition) is 8. The first-order valence-electron chi connectivity index (χ1n) is 16.7. The Balaban J connectivity index is 1.19. The van der Waals surface area contributed by atoms with Crippen molar-refractivity contribution in [2.45, 2.75) is 50.9 Å². The van der Waals surface area contributed by atoms with Gasteiger partial charge < -0.3 is 29.2 Å². The summed E-state index contributed by atoms with van der Waals surface area (Å²) in [5.74, 6) is 0.162. The maximum atomic E-state index is 14.9. The van der Waals surface area contributed by atoms with Crippen molar-refractivity contribution in [3.63, 3.8) is 0 Å². The van der Waals surface area contributed by atoms with Crippen molar-refractivity contribution < 1.29 is 27.8 Å². The molecule has 1 saturated heterocycles. The number of likely N-dealkylation sites (tertiary alicyclic amines) is 1. The molecule has 258 valence electrons. The van der Waals surface area contributed by atoms with Gasteiger partial charge in [-0.2, -0.15) is 5.10 Å². The normalized spacial score (nSPS) is 20.6. The maximum Gasteiger partial charge on any atom is 0.258 e. The SMILES string of the molecule is CO[C@H]1CN(C)C(=O)[C@@H]2C[C@@H](CN2C(=O)c2cnn3c2CCCOc2cc(F)ccc2-3)Nc2cccc(n2)-c2cc(F)cc3nc(C)n(c23)C1. The van der Waals surface area contributed by atoms with Crippen molar-refractivity contribution in [1.29, 1.82) is 0 Å². The lowest BCUT2D eigenvalue weighted by Gasteiger charge is -2.30. The number of imidazole rings is 1. The molecule has 3 aliphatic rings. The van der Waals surface area contributed by atoms with Crippen LogP contribution in [0, 0.1) is 18.6 Å². The Hall–Kier alpha value is -5.37. The fourth-order valence-corrected chi connectivity index (χ4v) is 7.46. The predicted octanol–water partition coefficient (Wildman–Crippen LogP) is 4.38. The molecule has 1 fully saturated rings. The summed E-state index contributed by atoms with van der Waals surface area (Å²) in [6.07, 6.45) is 2.51. The average Bonchev–Trinajstić information content (AvgIpc) is 3.79. The molecule has 3 atom stereocenters. The summed E-state index contributed by atoms with van der Waals surface area (Å²) in [5.41, 5.74) is 3.98. The predicted molar refractivity (Wildman–Crippen MR) is 180 cm³/mol. The average molecular weight is 683 g/mol. The monoisotopic (exact) mass is 682 g/mol. The van der Waals surface area contributed by atoms with Gasteiger partial charge >= 0.3 is 0 Å². The zero-order valence-corrected chi connectivity index (χ0v) is 27.9. The number of pyridine rings is 1. The van der Waals surface area contributed by atoms with Gasteiger partial charge in [-0.3, -0.25) is 9.59 Å². The minimum absolute atomic E-state index is 0.222. The second-order valence-corrected chi connectivity index (χ2v) is 13.1. The fraction of sp³-hybridized carbons (Fsp3) is 0.361. The number of amides is 2. The highest BCUT2D eigenvalue weighted by atomic mass is 19.1. The molecule has 4 bridgehead atoms. The lowest BCUT2D eigenvalue weighted by Crippen LogP contribution is -2.49. The Morgan fingerprint density at radius 1 is 1.06 bits per heavy atom. The van der Waals surface area contributed by atoms with Crippen LogP contribution < -0.4 is 10.1 Å². The second-order valence-electron chi connectivity index (χ2n) is 13.1. The Morgan fingerprint density at radius 3 is 2.76 bits per heavy atom. The molecule has 0 unspecified atom stereocenters. The number of aryl methyl sites for hydroxylation is 1. The molecular formula is C36H36F2N8O4. The summed E-state index contributed by atoms with van der Waals surface area (Å²) in [6, 6.07) is 11.5. The van der Waals surface area contributed by atoms with E-state index in [4.69, 9.17) is 14.5 Å². The number of hydrogen-bond donors (Lipinski definition) is 1. The largest absolute Gasteiger partial charge is 0.491 e. The van der Waals surface area contributed by atoms with Gasteiger partial charge in [0.2, 0.25) is 5.91 Å². The van der Waals surface area contributed by atoms with E-state index in [2.05, 4.69) is 15.4 Å². The molecule has 8 rings (SSSR count). The molecule has 0 radical (unpaired) electrons. The number of halogens is 2. The lowest BCUT2D eigenvalue weighted by atomic mass is 10.1. The van der Waals surface area contributed by atoms with E-state index in [1.165, 1.54) is 30.5 Å². The number of fused-ring (bicyclic) bond motifs is 8. The Morgan fingerprint density at radius 2 is 1.92 bits per heavy atom. The molecule has 0 spiro atoms. The van der Waals surface area contributed by atoms with Crippen LogP contribution in [0.3, 0.4) is 0 Å². The molecule has 12 nitrogen and oxygen atoms in total. The number of benzene rings is 2. The topological polar surface area (TPSA) is 120 Å². The number of carbonyl (C=O) groups is 2. The number of nitrogens with zero attached hydrogens (tertiary/aromatic N) is 7. The second kappa shape index (κ2) is 12.5. The van der Waals surface area contributed by atoms with Gasteiger partial charge in [0.25, 0.3) is 5.91 Å². The molecule has 0 saturated carbocycles. The Bertz CT molecular complexity index is 2150. The summed E-state index contributed by atoms with van der Waals surface area (Å²) < 4.78 is 44.3. The summed E-state index contributed by atoms with van der Waals surface area (Å²) in [6.45, 7) is 3.03. The molecule has 2 aromatic carbocycles.